The number of rotatable bonds is 5. The predicted molar refractivity (Wildman–Crippen MR) is 71.4 cm³/mol. The molecular formula is C14H18O3S. The van der Waals surface area contributed by atoms with Crippen LogP contribution in [0.25, 0.3) is 0 Å². The molecule has 0 N–H and O–H groups in total. The van der Waals surface area contributed by atoms with E-state index < -0.39 is 9.84 Å². The first-order chi connectivity index (χ1) is 8.31. The van der Waals surface area contributed by atoms with Gasteiger partial charge in [-0.3, -0.25) is 4.79 Å². The molecule has 3 nitrogen and oxygen atoms in total. The number of hydrogen-bond donors (Lipinski definition) is 0. The maximum absolute atomic E-state index is 11.4. The Labute approximate surface area is 108 Å². The molecule has 1 aliphatic rings. The Morgan fingerprint density at radius 2 is 1.78 bits per heavy atom. The molecule has 1 aliphatic carbocycles. The van der Waals surface area contributed by atoms with Gasteiger partial charge in [0.1, 0.15) is 15.6 Å². The zero-order chi connectivity index (χ0) is 13.4. The molecule has 0 unspecified atom stereocenters. The van der Waals surface area contributed by atoms with Gasteiger partial charge < -0.3 is 0 Å². The average molecular weight is 266 g/mol. The van der Waals surface area contributed by atoms with Gasteiger partial charge in [0.2, 0.25) is 0 Å². The standard InChI is InChI=1S/C14H18O3S/c1-11(15)9-12-3-5-13(6-4-12)14(7-8-14)10-18(2,16)17/h3-6H,7-10H2,1-2H3. The molecule has 0 aliphatic heterocycles. The summed E-state index contributed by atoms with van der Waals surface area (Å²) in [6, 6.07) is 7.80. The topological polar surface area (TPSA) is 51.2 Å². The number of carbonyl (C=O) groups excluding carboxylic acids is 1. The van der Waals surface area contributed by atoms with E-state index in [1.165, 1.54) is 6.26 Å². The monoisotopic (exact) mass is 266 g/mol. The van der Waals surface area contributed by atoms with E-state index in [9.17, 15) is 13.2 Å². The zero-order valence-corrected chi connectivity index (χ0v) is 11.6. The summed E-state index contributed by atoms with van der Waals surface area (Å²) in [5, 5.41) is 0. The molecule has 0 radical (unpaired) electrons. The molecule has 1 fully saturated rings. The van der Waals surface area contributed by atoms with Gasteiger partial charge in [0.15, 0.2) is 0 Å². The molecule has 0 spiro atoms. The Balaban J connectivity index is 2.17. The van der Waals surface area contributed by atoms with E-state index in [0.717, 1.165) is 24.0 Å². The van der Waals surface area contributed by atoms with Crippen molar-refractivity contribution in [1.29, 1.82) is 0 Å². The van der Waals surface area contributed by atoms with Crippen molar-refractivity contribution in [3.05, 3.63) is 35.4 Å². The summed E-state index contributed by atoms with van der Waals surface area (Å²) in [4.78, 5) is 11.0. The number of Topliss-reactive ketones (excluding diaryl/α,β-unsaturated/α-hetero) is 1. The van der Waals surface area contributed by atoms with E-state index in [4.69, 9.17) is 0 Å². The second-order valence-electron chi connectivity index (χ2n) is 5.43. The molecule has 98 valence electrons. The fourth-order valence-corrected chi connectivity index (χ4v) is 3.89. The van der Waals surface area contributed by atoms with Crippen molar-refractivity contribution in [3.63, 3.8) is 0 Å². The maximum Gasteiger partial charge on any atom is 0.148 e. The molecular weight excluding hydrogens is 248 g/mol. The lowest BCUT2D eigenvalue weighted by Gasteiger charge is -2.14. The Morgan fingerprint density at radius 3 is 2.17 bits per heavy atom. The first kappa shape index (κ1) is 13.3. The van der Waals surface area contributed by atoms with Crippen molar-refractivity contribution in [2.24, 2.45) is 0 Å². The Bertz CT molecular complexity index is 551. The quantitative estimate of drug-likeness (QED) is 0.818. The summed E-state index contributed by atoms with van der Waals surface area (Å²) in [6.45, 7) is 1.57. The summed E-state index contributed by atoms with van der Waals surface area (Å²) < 4.78 is 22.9. The molecule has 4 heteroatoms. The second kappa shape index (κ2) is 4.50. The van der Waals surface area contributed by atoms with Crippen molar-refractivity contribution in [3.8, 4) is 0 Å². The van der Waals surface area contributed by atoms with Gasteiger partial charge >= 0.3 is 0 Å². The summed E-state index contributed by atoms with van der Waals surface area (Å²) in [7, 11) is -2.95. The second-order valence-corrected chi connectivity index (χ2v) is 7.57. The lowest BCUT2D eigenvalue weighted by Crippen LogP contribution is -2.19. The van der Waals surface area contributed by atoms with Crippen LogP contribution in [-0.4, -0.2) is 26.2 Å². The first-order valence-corrected chi connectivity index (χ1v) is 8.13. The van der Waals surface area contributed by atoms with Crippen LogP contribution >= 0.6 is 0 Å². The zero-order valence-electron chi connectivity index (χ0n) is 10.8. The summed E-state index contributed by atoms with van der Waals surface area (Å²) in [6.07, 6.45) is 3.61. The lowest BCUT2D eigenvalue weighted by atomic mass is 9.96. The number of ketones is 1. The predicted octanol–water partition coefficient (Wildman–Crippen LogP) is 1.89. The summed E-state index contributed by atoms with van der Waals surface area (Å²) in [5.41, 5.74) is 1.91. The summed E-state index contributed by atoms with van der Waals surface area (Å²) >= 11 is 0. The van der Waals surface area contributed by atoms with Crippen LogP contribution in [-0.2, 0) is 26.5 Å². The highest BCUT2D eigenvalue weighted by atomic mass is 32.2. The van der Waals surface area contributed by atoms with Crippen molar-refractivity contribution >= 4 is 15.6 Å². The highest BCUT2D eigenvalue weighted by Crippen LogP contribution is 2.49. The Morgan fingerprint density at radius 1 is 1.22 bits per heavy atom. The Kier molecular flexibility index (Phi) is 3.32. The first-order valence-electron chi connectivity index (χ1n) is 6.07. The fraction of sp³-hybridized carbons (Fsp3) is 0.500. The highest BCUT2D eigenvalue weighted by Gasteiger charge is 2.46. The van der Waals surface area contributed by atoms with E-state index in [0.29, 0.717) is 6.42 Å². The molecule has 0 atom stereocenters. The van der Waals surface area contributed by atoms with Gasteiger partial charge in [-0.25, -0.2) is 8.42 Å². The van der Waals surface area contributed by atoms with Gasteiger partial charge in [-0.05, 0) is 30.9 Å². The Hall–Kier alpha value is -1.16. The molecule has 0 bridgehead atoms. The third-order valence-electron chi connectivity index (χ3n) is 3.41. The molecule has 0 saturated heterocycles. The molecule has 0 heterocycles. The van der Waals surface area contributed by atoms with Crippen LogP contribution in [0.2, 0.25) is 0 Å². The SMILES string of the molecule is CC(=O)Cc1ccc(C2(CS(C)(=O)=O)CC2)cc1. The van der Waals surface area contributed by atoms with Crippen molar-refractivity contribution in [2.75, 3.05) is 12.0 Å². The van der Waals surface area contributed by atoms with Crippen LogP contribution < -0.4 is 0 Å². The largest absolute Gasteiger partial charge is 0.300 e. The van der Waals surface area contributed by atoms with Crippen LogP contribution in [0.5, 0.6) is 0 Å². The van der Waals surface area contributed by atoms with Gasteiger partial charge in [-0.1, -0.05) is 24.3 Å². The van der Waals surface area contributed by atoms with Gasteiger partial charge in [0.05, 0.1) is 5.75 Å². The van der Waals surface area contributed by atoms with Gasteiger partial charge in [-0.15, -0.1) is 0 Å². The van der Waals surface area contributed by atoms with Gasteiger partial charge in [-0.2, -0.15) is 0 Å². The number of hydrogen-bond acceptors (Lipinski definition) is 3. The van der Waals surface area contributed by atoms with Crippen LogP contribution in [0.1, 0.15) is 30.9 Å². The van der Waals surface area contributed by atoms with Crippen LogP contribution in [0.4, 0.5) is 0 Å². The average Bonchev–Trinajstić information content (AvgIpc) is 2.96. The molecule has 18 heavy (non-hydrogen) atoms. The fourth-order valence-electron chi connectivity index (χ4n) is 2.43. The normalized spacial score (nSPS) is 17.4. The minimum Gasteiger partial charge on any atom is -0.300 e. The van der Waals surface area contributed by atoms with Crippen molar-refractivity contribution in [1.82, 2.24) is 0 Å². The highest BCUT2D eigenvalue weighted by molar-refractivity contribution is 7.90. The van der Waals surface area contributed by atoms with E-state index in [1.54, 1.807) is 6.92 Å². The summed E-state index contributed by atoms with van der Waals surface area (Å²) in [5.74, 6) is 0.367. The van der Waals surface area contributed by atoms with Crippen LogP contribution in [0, 0.1) is 0 Å². The van der Waals surface area contributed by atoms with Gasteiger partial charge in [0, 0.05) is 18.1 Å². The maximum atomic E-state index is 11.4. The van der Waals surface area contributed by atoms with E-state index in [2.05, 4.69) is 0 Å². The smallest absolute Gasteiger partial charge is 0.148 e. The van der Waals surface area contributed by atoms with Crippen LogP contribution in [0.15, 0.2) is 24.3 Å². The molecule has 1 aromatic rings. The molecule has 1 saturated carbocycles. The van der Waals surface area contributed by atoms with E-state index in [-0.39, 0.29) is 17.0 Å². The lowest BCUT2D eigenvalue weighted by molar-refractivity contribution is -0.116. The minimum absolute atomic E-state index is 0.139. The van der Waals surface area contributed by atoms with Gasteiger partial charge in [0.25, 0.3) is 0 Å². The third kappa shape index (κ3) is 3.19. The molecule has 1 aromatic carbocycles. The van der Waals surface area contributed by atoms with Crippen LogP contribution in [0.3, 0.4) is 0 Å². The van der Waals surface area contributed by atoms with Crippen molar-refractivity contribution < 1.29 is 13.2 Å². The van der Waals surface area contributed by atoms with E-state index >= 15 is 0 Å². The third-order valence-corrected chi connectivity index (χ3v) is 4.49. The number of carbonyl (C=O) groups is 1. The van der Waals surface area contributed by atoms with E-state index in [1.807, 2.05) is 24.3 Å². The number of sulfone groups is 1. The molecule has 0 amide bonds. The number of benzene rings is 1. The molecule has 0 aromatic heterocycles. The van der Waals surface area contributed by atoms with Crippen molar-refractivity contribution in [2.45, 2.75) is 31.6 Å². The molecule has 2 rings (SSSR count). The minimum atomic E-state index is -2.95.